The van der Waals surface area contributed by atoms with Gasteiger partial charge >= 0.3 is 0 Å². The number of fused-ring (bicyclic) bond motifs is 1. The Labute approximate surface area is 136 Å². The van der Waals surface area contributed by atoms with E-state index in [0.717, 1.165) is 22.9 Å². The van der Waals surface area contributed by atoms with Gasteiger partial charge in [0.15, 0.2) is 0 Å². The second kappa shape index (κ2) is 5.64. The fourth-order valence-electron chi connectivity index (χ4n) is 3.12. The van der Waals surface area contributed by atoms with E-state index >= 15 is 0 Å². The quantitative estimate of drug-likeness (QED) is 0.797. The van der Waals surface area contributed by atoms with Crippen LogP contribution in [0, 0.1) is 6.92 Å². The number of thiophene rings is 1. The molecule has 0 aliphatic carbocycles. The monoisotopic (exact) mass is 334 g/mol. The molecule has 4 rings (SSSR count). The number of nitrogens with zero attached hydrogens (tertiary/aromatic N) is 4. The Kier molecular flexibility index (Phi) is 3.63. The van der Waals surface area contributed by atoms with Crippen LogP contribution in [0.15, 0.2) is 17.5 Å². The molecule has 1 N–H and O–H groups in total. The summed E-state index contributed by atoms with van der Waals surface area (Å²) >= 11 is 3.30. The molecule has 1 unspecified atom stereocenters. The van der Waals surface area contributed by atoms with E-state index in [1.54, 1.807) is 27.2 Å². The first kappa shape index (κ1) is 14.2. The summed E-state index contributed by atoms with van der Waals surface area (Å²) in [7, 11) is 0. The molecule has 7 heteroatoms. The van der Waals surface area contributed by atoms with E-state index in [1.165, 1.54) is 24.1 Å². The highest BCUT2D eigenvalue weighted by atomic mass is 32.1. The lowest BCUT2D eigenvalue weighted by atomic mass is 10.1. The van der Waals surface area contributed by atoms with Crippen LogP contribution in [-0.2, 0) is 0 Å². The van der Waals surface area contributed by atoms with Crippen molar-refractivity contribution in [1.82, 2.24) is 19.5 Å². The number of aromatic hydroxyl groups is 1. The van der Waals surface area contributed by atoms with E-state index in [0.29, 0.717) is 5.82 Å². The first-order valence-electron chi connectivity index (χ1n) is 7.56. The third kappa shape index (κ3) is 2.33. The molecule has 0 spiro atoms. The van der Waals surface area contributed by atoms with Gasteiger partial charge in [-0.15, -0.1) is 16.4 Å². The van der Waals surface area contributed by atoms with Crippen LogP contribution in [-0.4, -0.2) is 37.7 Å². The first-order chi connectivity index (χ1) is 10.7. The highest BCUT2D eigenvalue weighted by Gasteiger charge is 2.30. The third-order valence-corrected chi connectivity index (χ3v) is 6.12. The minimum absolute atomic E-state index is 0.120. The van der Waals surface area contributed by atoms with Crippen molar-refractivity contribution < 1.29 is 5.11 Å². The summed E-state index contributed by atoms with van der Waals surface area (Å²) in [6.07, 6.45) is 3.75. The van der Waals surface area contributed by atoms with E-state index < -0.39 is 0 Å². The van der Waals surface area contributed by atoms with Crippen molar-refractivity contribution in [3.63, 3.8) is 0 Å². The molecule has 1 atom stereocenters. The van der Waals surface area contributed by atoms with E-state index in [-0.39, 0.29) is 11.9 Å². The van der Waals surface area contributed by atoms with Crippen LogP contribution in [0.5, 0.6) is 5.88 Å². The summed E-state index contributed by atoms with van der Waals surface area (Å²) in [6.45, 7) is 4.00. The predicted octanol–water partition coefficient (Wildman–Crippen LogP) is 3.44. The molecule has 0 aromatic carbocycles. The van der Waals surface area contributed by atoms with Gasteiger partial charge in [-0.2, -0.15) is 4.52 Å². The molecular formula is C15H18N4OS2. The molecule has 116 valence electrons. The second-order valence-electron chi connectivity index (χ2n) is 5.66. The fourth-order valence-corrected chi connectivity index (χ4v) is 5.22. The Morgan fingerprint density at radius 1 is 1.27 bits per heavy atom. The van der Waals surface area contributed by atoms with Gasteiger partial charge in [0.05, 0.1) is 10.9 Å². The van der Waals surface area contributed by atoms with Crippen LogP contribution in [0.4, 0.5) is 0 Å². The molecule has 5 nitrogen and oxygen atoms in total. The molecule has 3 aromatic heterocycles. The SMILES string of the molecule is Cc1nc2sc(C(c3cccs3)N3CCCCC3)c(O)n2n1. The third-order valence-electron chi connectivity index (χ3n) is 4.12. The number of thiazole rings is 1. The maximum atomic E-state index is 10.7. The summed E-state index contributed by atoms with van der Waals surface area (Å²) in [5, 5.41) is 17.0. The zero-order chi connectivity index (χ0) is 15.1. The minimum atomic E-state index is 0.120. The number of hydrogen-bond acceptors (Lipinski definition) is 6. The van der Waals surface area contributed by atoms with Crippen molar-refractivity contribution in [3.05, 3.63) is 33.1 Å². The fraction of sp³-hybridized carbons (Fsp3) is 0.467. The number of hydrogen-bond donors (Lipinski definition) is 1. The van der Waals surface area contributed by atoms with Crippen LogP contribution >= 0.6 is 22.7 Å². The maximum Gasteiger partial charge on any atom is 0.230 e. The maximum absolute atomic E-state index is 10.7. The molecule has 4 heterocycles. The molecule has 1 fully saturated rings. The Morgan fingerprint density at radius 2 is 2.09 bits per heavy atom. The van der Waals surface area contributed by atoms with Crippen LogP contribution in [0.3, 0.4) is 0 Å². The molecule has 3 aromatic rings. The molecule has 0 radical (unpaired) electrons. The lowest BCUT2D eigenvalue weighted by Gasteiger charge is -2.33. The van der Waals surface area contributed by atoms with E-state index in [1.807, 2.05) is 6.92 Å². The zero-order valence-corrected chi connectivity index (χ0v) is 14.0. The van der Waals surface area contributed by atoms with Crippen molar-refractivity contribution in [2.45, 2.75) is 32.2 Å². The zero-order valence-electron chi connectivity index (χ0n) is 12.4. The molecular weight excluding hydrogens is 316 g/mol. The average molecular weight is 334 g/mol. The molecule has 1 aliphatic heterocycles. The number of aromatic nitrogens is 3. The van der Waals surface area contributed by atoms with Crippen molar-refractivity contribution >= 4 is 27.6 Å². The normalized spacial score (nSPS) is 18.0. The van der Waals surface area contributed by atoms with Gasteiger partial charge in [0.2, 0.25) is 10.8 Å². The van der Waals surface area contributed by atoms with Gasteiger partial charge < -0.3 is 5.11 Å². The molecule has 0 bridgehead atoms. The predicted molar refractivity (Wildman–Crippen MR) is 88.9 cm³/mol. The minimum Gasteiger partial charge on any atom is -0.492 e. The van der Waals surface area contributed by atoms with E-state index in [4.69, 9.17) is 0 Å². The Hall–Kier alpha value is -1.44. The van der Waals surface area contributed by atoms with Gasteiger partial charge in [-0.05, 0) is 44.3 Å². The summed E-state index contributed by atoms with van der Waals surface area (Å²) in [5.41, 5.74) is 0. The average Bonchev–Trinajstić information content (AvgIpc) is 3.22. The van der Waals surface area contributed by atoms with Gasteiger partial charge in [-0.3, -0.25) is 4.90 Å². The molecule has 1 saturated heterocycles. The smallest absolute Gasteiger partial charge is 0.230 e. The standard InChI is InChI=1S/C15H18N4OS2/c1-10-16-15-19(17-10)14(20)13(22-15)12(11-6-5-9-21-11)18-7-3-2-4-8-18/h5-6,9,12,20H,2-4,7-8H2,1H3. The van der Waals surface area contributed by atoms with Gasteiger partial charge in [0.1, 0.15) is 5.82 Å². The summed E-state index contributed by atoms with van der Waals surface area (Å²) in [5.74, 6) is 0.934. The largest absolute Gasteiger partial charge is 0.492 e. The molecule has 22 heavy (non-hydrogen) atoms. The lowest BCUT2D eigenvalue weighted by Crippen LogP contribution is -2.33. The van der Waals surface area contributed by atoms with Crippen LogP contribution < -0.4 is 0 Å². The van der Waals surface area contributed by atoms with Gasteiger partial charge in [-0.1, -0.05) is 23.8 Å². The van der Waals surface area contributed by atoms with Crippen LogP contribution in [0.1, 0.15) is 40.9 Å². The van der Waals surface area contributed by atoms with Crippen molar-refractivity contribution in [1.29, 1.82) is 0 Å². The number of piperidine rings is 1. The number of rotatable bonds is 3. The number of aryl methyl sites for hydroxylation is 1. The topological polar surface area (TPSA) is 53.7 Å². The molecule has 0 amide bonds. The second-order valence-corrected chi connectivity index (χ2v) is 7.65. The van der Waals surface area contributed by atoms with Crippen molar-refractivity contribution in [3.8, 4) is 5.88 Å². The Morgan fingerprint density at radius 3 is 2.77 bits per heavy atom. The Balaban J connectivity index is 1.81. The van der Waals surface area contributed by atoms with Gasteiger partial charge in [0, 0.05) is 4.88 Å². The van der Waals surface area contributed by atoms with Crippen LogP contribution in [0.2, 0.25) is 0 Å². The van der Waals surface area contributed by atoms with Gasteiger partial charge in [0.25, 0.3) is 0 Å². The summed E-state index contributed by atoms with van der Waals surface area (Å²) in [4.78, 5) is 9.88. The summed E-state index contributed by atoms with van der Waals surface area (Å²) < 4.78 is 1.57. The van der Waals surface area contributed by atoms with Crippen molar-refractivity contribution in [2.75, 3.05) is 13.1 Å². The van der Waals surface area contributed by atoms with Crippen molar-refractivity contribution in [2.24, 2.45) is 0 Å². The number of likely N-dealkylation sites (tertiary alicyclic amines) is 1. The Bertz CT molecular complexity index is 771. The van der Waals surface area contributed by atoms with Crippen LogP contribution in [0.25, 0.3) is 4.96 Å². The summed E-state index contributed by atoms with van der Waals surface area (Å²) in [6, 6.07) is 4.36. The molecule has 1 aliphatic rings. The molecule has 0 saturated carbocycles. The van der Waals surface area contributed by atoms with Gasteiger partial charge in [-0.25, -0.2) is 4.98 Å². The highest BCUT2D eigenvalue weighted by Crippen LogP contribution is 2.42. The van der Waals surface area contributed by atoms with E-state index in [2.05, 4.69) is 32.5 Å². The lowest BCUT2D eigenvalue weighted by molar-refractivity contribution is 0.188. The highest BCUT2D eigenvalue weighted by molar-refractivity contribution is 7.17. The first-order valence-corrected chi connectivity index (χ1v) is 9.26. The van der Waals surface area contributed by atoms with E-state index in [9.17, 15) is 5.11 Å².